The molecule has 0 unspecified atom stereocenters. The molecule has 0 bridgehead atoms. The van der Waals surface area contributed by atoms with Crippen molar-refractivity contribution in [2.24, 2.45) is 5.10 Å². The molecule has 25 heavy (non-hydrogen) atoms. The van der Waals surface area contributed by atoms with Crippen molar-refractivity contribution in [1.82, 2.24) is 0 Å². The fourth-order valence-corrected chi connectivity index (χ4v) is 1.86. The Morgan fingerprint density at radius 1 is 1.00 bits per heavy atom. The number of benzene rings is 2. The van der Waals surface area contributed by atoms with Crippen molar-refractivity contribution in [3.63, 3.8) is 0 Å². The number of hydrogen-bond acceptors (Lipinski definition) is 5. The van der Waals surface area contributed by atoms with Crippen LogP contribution in [0.25, 0.3) is 0 Å². The molecule has 0 aromatic heterocycles. The number of carbonyl (C=O) groups is 1. The molecule has 8 nitrogen and oxygen atoms in total. The van der Waals surface area contributed by atoms with Crippen molar-refractivity contribution in [3.05, 3.63) is 64.1 Å². The van der Waals surface area contributed by atoms with Crippen LogP contribution < -0.4 is 5.43 Å². The van der Waals surface area contributed by atoms with Crippen molar-refractivity contribution in [3.8, 4) is 0 Å². The molecule has 2 aromatic rings. The van der Waals surface area contributed by atoms with Crippen molar-refractivity contribution in [2.45, 2.75) is 6.92 Å². The lowest BCUT2D eigenvalue weighted by molar-refractivity contribution is 0.0697. The maximum Gasteiger partial charge on any atom is 0.394 e. The molecule has 0 atom stereocenters. The molecule has 0 saturated heterocycles. The Morgan fingerprint density at radius 3 is 1.88 bits per heavy atom. The highest BCUT2D eigenvalue weighted by molar-refractivity contribution is 9.10. The van der Waals surface area contributed by atoms with Gasteiger partial charge in [0.05, 0.1) is 17.0 Å². The molecule has 0 aliphatic rings. The topological polar surface area (TPSA) is 136 Å². The van der Waals surface area contributed by atoms with E-state index in [1.807, 2.05) is 31.2 Å². The second-order valence-corrected chi connectivity index (χ2v) is 6.46. The van der Waals surface area contributed by atoms with Gasteiger partial charge in [-0.1, -0.05) is 28.1 Å². The van der Waals surface area contributed by atoms with E-state index in [4.69, 9.17) is 22.6 Å². The van der Waals surface area contributed by atoms with Gasteiger partial charge in [0, 0.05) is 4.47 Å². The minimum Gasteiger partial charge on any atom is -0.478 e. The number of carboxylic acids is 1. The Hall–Kier alpha value is -2.27. The Morgan fingerprint density at radius 2 is 1.44 bits per heavy atom. The summed E-state index contributed by atoms with van der Waals surface area (Å²) < 4.78 is 32.6. The van der Waals surface area contributed by atoms with Gasteiger partial charge >= 0.3 is 16.4 Å². The van der Waals surface area contributed by atoms with Crippen LogP contribution in [0.15, 0.2) is 58.1 Å². The first-order valence-corrected chi connectivity index (χ1v) is 8.85. The van der Waals surface area contributed by atoms with Crippen molar-refractivity contribution in [2.75, 3.05) is 5.43 Å². The van der Waals surface area contributed by atoms with E-state index in [1.165, 1.54) is 12.1 Å². The highest BCUT2D eigenvalue weighted by atomic mass is 79.9. The average molecular weight is 431 g/mol. The molecule has 10 heteroatoms. The zero-order chi connectivity index (χ0) is 19.0. The van der Waals surface area contributed by atoms with Crippen molar-refractivity contribution in [1.29, 1.82) is 0 Å². The third-order valence-corrected chi connectivity index (χ3v) is 3.28. The SMILES string of the molecule is CC(=NNc1ccc(C(=O)O)cc1)c1ccc(Br)cc1.O=S(=O)(O)O. The Labute approximate surface area is 152 Å². The molecule has 0 radical (unpaired) electrons. The summed E-state index contributed by atoms with van der Waals surface area (Å²) in [5.74, 6) is -0.939. The standard InChI is InChI=1S/C15H13BrN2O2.H2O4S/c1-10(11-2-6-13(16)7-3-11)17-18-14-8-4-12(5-9-14)15(19)20;1-5(2,3)4/h2-9,18H,1H3,(H,19,20);(H2,1,2,3,4). The van der Waals surface area contributed by atoms with Gasteiger partial charge in [-0.3, -0.25) is 14.5 Å². The van der Waals surface area contributed by atoms with E-state index >= 15 is 0 Å². The zero-order valence-corrected chi connectivity index (χ0v) is 15.3. The molecule has 0 heterocycles. The molecule has 2 rings (SSSR count). The number of rotatable bonds is 4. The van der Waals surface area contributed by atoms with Crippen LogP contribution in [0.3, 0.4) is 0 Å². The molecule has 0 aliphatic carbocycles. The van der Waals surface area contributed by atoms with Crippen molar-refractivity contribution < 1.29 is 27.4 Å². The van der Waals surface area contributed by atoms with Crippen LogP contribution in [0.1, 0.15) is 22.8 Å². The van der Waals surface area contributed by atoms with E-state index < -0.39 is 16.4 Å². The number of nitrogens with one attached hydrogen (secondary N) is 1. The van der Waals surface area contributed by atoms with Gasteiger partial charge < -0.3 is 5.11 Å². The summed E-state index contributed by atoms with van der Waals surface area (Å²) in [5.41, 5.74) is 5.77. The van der Waals surface area contributed by atoms with Crippen LogP contribution in [0.2, 0.25) is 0 Å². The third-order valence-electron chi connectivity index (χ3n) is 2.75. The molecule has 0 spiro atoms. The smallest absolute Gasteiger partial charge is 0.394 e. The second-order valence-electron chi connectivity index (χ2n) is 4.65. The van der Waals surface area contributed by atoms with Crippen LogP contribution >= 0.6 is 15.9 Å². The van der Waals surface area contributed by atoms with Gasteiger partial charge in [-0.2, -0.15) is 13.5 Å². The van der Waals surface area contributed by atoms with Crippen LogP contribution in [-0.4, -0.2) is 34.3 Å². The lowest BCUT2D eigenvalue weighted by Crippen LogP contribution is -2.00. The number of halogens is 1. The summed E-state index contributed by atoms with van der Waals surface area (Å²) in [4.78, 5) is 10.7. The van der Waals surface area contributed by atoms with E-state index in [0.717, 1.165) is 21.4 Å². The minimum absolute atomic E-state index is 0.254. The van der Waals surface area contributed by atoms with E-state index in [2.05, 4.69) is 26.5 Å². The molecule has 134 valence electrons. The van der Waals surface area contributed by atoms with E-state index in [9.17, 15) is 4.79 Å². The maximum atomic E-state index is 10.7. The number of aromatic carboxylic acids is 1. The van der Waals surface area contributed by atoms with E-state index in [-0.39, 0.29) is 5.56 Å². The third kappa shape index (κ3) is 8.96. The summed E-state index contributed by atoms with van der Waals surface area (Å²) in [6.07, 6.45) is 0. The second kappa shape index (κ2) is 9.28. The highest BCUT2D eigenvalue weighted by Gasteiger charge is 2.01. The molecular formula is C15H15BrN2O6S. The fourth-order valence-electron chi connectivity index (χ4n) is 1.59. The molecule has 0 amide bonds. The maximum absolute atomic E-state index is 10.7. The largest absolute Gasteiger partial charge is 0.478 e. The molecule has 0 saturated carbocycles. The highest BCUT2D eigenvalue weighted by Crippen LogP contribution is 2.13. The Balaban J connectivity index is 0.000000550. The number of carboxylic acid groups (broad SMARTS) is 1. The van der Waals surface area contributed by atoms with Gasteiger partial charge in [0.1, 0.15) is 0 Å². The zero-order valence-electron chi connectivity index (χ0n) is 12.9. The quantitative estimate of drug-likeness (QED) is 0.331. The number of hydrogen-bond donors (Lipinski definition) is 4. The first-order valence-electron chi connectivity index (χ1n) is 6.66. The van der Waals surface area contributed by atoms with Crippen LogP contribution in [0, 0.1) is 0 Å². The number of hydrazone groups is 1. The summed E-state index contributed by atoms with van der Waals surface area (Å²) >= 11 is 3.39. The monoisotopic (exact) mass is 430 g/mol. The Bertz CT molecular complexity index is 841. The van der Waals surface area contributed by atoms with Gasteiger partial charge in [-0.05, 0) is 48.9 Å². The fraction of sp³-hybridized carbons (Fsp3) is 0.0667. The van der Waals surface area contributed by atoms with Gasteiger partial charge in [0.2, 0.25) is 0 Å². The molecule has 2 aromatic carbocycles. The normalized spacial score (nSPS) is 11.3. The van der Waals surface area contributed by atoms with Gasteiger partial charge in [0.25, 0.3) is 0 Å². The first kappa shape index (κ1) is 20.8. The minimum atomic E-state index is -4.67. The van der Waals surface area contributed by atoms with Crippen molar-refractivity contribution >= 4 is 43.7 Å². The molecule has 4 N–H and O–H groups in total. The van der Waals surface area contributed by atoms with Crippen LogP contribution in [0.5, 0.6) is 0 Å². The predicted molar refractivity (Wildman–Crippen MR) is 97.6 cm³/mol. The summed E-state index contributed by atoms with van der Waals surface area (Å²) in [6.45, 7) is 1.90. The van der Waals surface area contributed by atoms with Gasteiger partial charge in [0.15, 0.2) is 0 Å². The van der Waals surface area contributed by atoms with Crippen LogP contribution in [0.4, 0.5) is 5.69 Å². The summed E-state index contributed by atoms with van der Waals surface area (Å²) in [5, 5.41) is 13.1. The average Bonchev–Trinajstić information content (AvgIpc) is 2.52. The molecule has 0 aliphatic heterocycles. The Kier molecular flexibility index (Phi) is 7.71. The first-order chi connectivity index (χ1) is 11.6. The summed E-state index contributed by atoms with van der Waals surface area (Å²) in [7, 11) is -4.67. The van der Waals surface area contributed by atoms with Crippen LogP contribution in [-0.2, 0) is 10.4 Å². The lowest BCUT2D eigenvalue weighted by atomic mass is 10.1. The van der Waals surface area contributed by atoms with Gasteiger partial charge in [-0.25, -0.2) is 4.79 Å². The van der Waals surface area contributed by atoms with Gasteiger partial charge in [-0.15, -0.1) is 0 Å². The summed E-state index contributed by atoms with van der Waals surface area (Å²) in [6, 6.07) is 14.3. The number of nitrogens with zero attached hydrogens (tertiary/aromatic N) is 1. The predicted octanol–water partition coefficient (Wildman–Crippen LogP) is 3.33. The van der Waals surface area contributed by atoms with E-state index in [0.29, 0.717) is 0 Å². The molecular weight excluding hydrogens is 416 g/mol. The van der Waals surface area contributed by atoms with E-state index in [1.54, 1.807) is 12.1 Å². The number of anilines is 1. The lowest BCUT2D eigenvalue weighted by Gasteiger charge is -2.04. The molecule has 0 fully saturated rings.